The molecule has 5 heteroatoms. The van der Waals surface area contributed by atoms with Gasteiger partial charge in [0.05, 0.1) is 12.6 Å². The normalized spacial score (nSPS) is 12.0. The quantitative estimate of drug-likeness (QED) is 0.794. The summed E-state index contributed by atoms with van der Waals surface area (Å²) in [4.78, 5) is 17.7. The van der Waals surface area contributed by atoms with E-state index in [0.717, 1.165) is 18.5 Å². The van der Waals surface area contributed by atoms with Crippen LogP contribution in [0.15, 0.2) is 18.3 Å². The van der Waals surface area contributed by atoms with Crippen molar-refractivity contribution in [2.24, 2.45) is 0 Å². The van der Waals surface area contributed by atoms with E-state index >= 15 is 0 Å². The van der Waals surface area contributed by atoms with Crippen molar-refractivity contribution < 1.29 is 9.90 Å². The molecule has 0 radical (unpaired) electrons. The van der Waals surface area contributed by atoms with Crippen molar-refractivity contribution in [3.8, 4) is 0 Å². The second-order valence-corrected chi connectivity index (χ2v) is 4.19. The maximum absolute atomic E-state index is 11.5. The fourth-order valence-corrected chi connectivity index (χ4v) is 1.78. The molecule has 0 aliphatic carbocycles. The molecule has 0 saturated heterocycles. The average molecular weight is 251 g/mol. The molecule has 0 aliphatic rings. The molecule has 1 heterocycles. The van der Waals surface area contributed by atoms with Crippen LogP contribution in [0.5, 0.6) is 0 Å². The van der Waals surface area contributed by atoms with E-state index in [9.17, 15) is 9.90 Å². The number of carbonyl (C=O) groups is 1. The molecule has 1 rings (SSSR count). The number of hydrogen-bond acceptors (Lipinski definition) is 4. The van der Waals surface area contributed by atoms with E-state index in [1.807, 2.05) is 17.9 Å². The van der Waals surface area contributed by atoms with E-state index in [2.05, 4.69) is 10.3 Å². The molecule has 0 unspecified atom stereocenters. The highest BCUT2D eigenvalue weighted by molar-refractivity contribution is 5.81. The molecule has 5 nitrogen and oxygen atoms in total. The Balaban J connectivity index is 3.01. The van der Waals surface area contributed by atoms with Crippen molar-refractivity contribution in [1.29, 1.82) is 0 Å². The maximum atomic E-state index is 11.5. The highest BCUT2D eigenvalue weighted by Gasteiger charge is 2.17. The van der Waals surface area contributed by atoms with Crippen LogP contribution in [-0.4, -0.2) is 36.1 Å². The molecule has 0 aromatic carbocycles. The lowest BCUT2D eigenvalue weighted by molar-refractivity contribution is -0.119. The lowest BCUT2D eigenvalue weighted by atomic mass is 10.1. The number of rotatable bonds is 6. The number of amides is 1. The first-order chi connectivity index (χ1) is 8.60. The smallest absolute Gasteiger partial charge is 0.239 e. The van der Waals surface area contributed by atoms with E-state index in [0.29, 0.717) is 5.82 Å². The van der Waals surface area contributed by atoms with Gasteiger partial charge >= 0.3 is 0 Å². The maximum Gasteiger partial charge on any atom is 0.239 e. The van der Waals surface area contributed by atoms with Gasteiger partial charge in [-0.3, -0.25) is 4.79 Å². The largest absolute Gasteiger partial charge is 0.389 e. The summed E-state index contributed by atoms with van der Waals surface area (Å²) in [6, 6.07) is 3.62. The van der Waals surface area contributed by atoms with Gasteiger partial charge in [0.1, 0.15) is 5.82 Å². The summed E-state index contributed by atoms with van der Waals surface area (Å²) in [5, 5.41) is 12.3. The lowest BCUT2D eigenvalue weighted by Gasteiger charge is -2.25. The molecular weight excluding hydrogens is 230 g/mol. The first kappa shape index (κ1) is 14.4. The van der Waals surface area contributed by atoms with E-state index in [1.54, 1.807) is 26.2 Å². The van der Waals surface area contributed by atoms with Crippen molar-refractivity contribution in [2.75, 3.05) is 25.0 Å². The minimum atomic E-state index is -0.599. The Bertz CT molecular complexity index is 394. The standard InChI is InChI=1S/C13H21N3O2/c1-4-8-16(9-12(18)14-3)13-11(10(2)17)6-5-7-15-13/h5-7,10,17H,4,8-9H2,1-3H3,(H,14,18)/t10-/m0/s1. The van der Waals surface area contributed by atoms with Gasteiger partial charge in [0, 0.05) is 25.4 Å². The van der Waals surface area contributed by atoms with Crippen molar-refractivity contribution in [2.45, 2.75) is 26.4 Å². The Kier molecular flexibility index (Phi) is 5.58. The number of aliphatic hydroxyl groups is 1. The predicted octanol–water partition coefficient (Wildman–Crippen LogP) is 1.10. The summed E-state index contributed by atoms with van der Waals surface area (Å²) in [6.45, 7) is 4.72. The van der Waals surface area contributed by atoms with Gasteiger partial charge < -0.3 is 15.3 Å². The zero-order chi connectivity index (χ0) is 13.5. The average Bonchev–Trinajstić information content (AvgIpc) is 2.38. The van der Waals surface area contributed by atoms with E-state index in [4.69, 9.17) is 0 Å². The minimum absolute atomic E-state index is 0.0642. The minimum Gasteiger partial charge on any atom is -0.389 e. The van der Waals surface area contributed by atoms with Crippen LogP contribution in [0.25, 0.3) is 0 Å². The van der Waals surface area contributed by atoms with Crippen LogP contribution < -0.4 is 10.2 Å². The number of hydrogen-bond donors (Lipinski definition) is 2. The summed E-state index contributed by atoms with van der Waals surface area (Å²) >= 11 is 0. The van der Waals surface area contributed by atoms with Gasteiger partial charge in [-0.25, -0.2) is 4.98 Å². The lowest BCUT2D eigenvalue weighted by Crippen LogP contribution is -2.37. The number of anilines is 1. The van der Waals surface area contributed by atoms with Crippen LogP contribution >= 0.6 is 0 Å². The third kappa shape index (κ3) is 3.70. The Labute approximate surface area is 108 Å². The van der Waals surface area contributed by atoms with Gasteiger partial charge in [-0.15, -0.1) is 0 Å². The topological polar surface area (TPSA) is 65.5 Å². The molecule has 0 aliphatic heterocycles. The van der Waals surface area contributed by atoms with Crippen molar-refractivity contribution in [3.05, 3.63) is 23.9 Å². The number of aromatic nitrogens is 1. The molecular formula is C13H21N3O2. The van der Waals surface area contributed by atoms with Crippen molar-refractivity contribution in [1.82, 2.24) is 10.3 Å². The van der Waals surface area contributed by atoms with Gasteiger partial charge in [0.2, 0.25) is 5.91 Å². The Morgan fingerprint density at radius 1 is 1.61 bits per heavy atom. The van der Waals surface area contributed by atoms with Crippen molar-refractivity contribution in [3.63, 3.8) is 0 Å². The Morgan fingerprint density at radius 2 is 2.33 bits per heavy atom. The summed E-state index contributed by atoms with van der Waals surface area (Å²) in [5.74, 6) is 0.614. The molecule has 1 aromatic heterocycles. The highest BCUT2D eigenvalue weighted by Crippen LogP contribution is 2.23. The number of pyridine rings is 1. The second kappa shape index (κ2) is 6.96. The number of nitrogens with zero attached hydrogens (tertiary/aromatic N) is 2. The van der Waals surface area contributed by atoms with Crippen LogP contribution in [0.1, 0.15) is 31.9 Å². The highest BCUT2D eigenvalue weighted by atomic mass is 16.3. The summed E-state index contributed by atoms with van der Waals surface area (Å²) in [7, 11) is 1.61. The van der Waals surface area contributed by atoms with Gasteiger partial charge in [0.15, 0.2) is 0 Å². The molecule has 100 valence electrons. The van der Waals surface area contributed by atoms with Crippen LogP contribution in [-0.2, 0) is 4.79 Å². The van der Waals surface area contributed by atoms with Crippen LogP contribution in [0.2, 0.25) is 0 Å². The first-order valence-corrected chi connectivity index (χ1v) is 6.18. The predicted molar refractivity (Wildman–Crippen MR) is 71.4 cm³/mol. The van der Waals surface area contributed by atoms with Crippen LogP contribution in [0.4, 0.5) is 5.82 Å². The fraction of sp³-hybridized carbons (Fsp3) is 0.538. The van der Waals surface area contributed by atoms with Gasteiger partial charge in [-0.2, -0.15) is 0 Å². The van der Waals surface area contributed by atoms with Gasteiger partial charge in [0.25, 0.3) is 0 Å². The van der Waals surface area contributed by atoms with Gasteiger partial charge in [-0.05, 0) is 19.4 Å². The molecule has 2 N–H and O–H groups in total. The number of carbonyl (C=O) groups excluding carboxylic acids is 1. The number of nitrogens with one attached hydrogen (secondary N) is 1. The molecule has 1 amide bonds. The molecule has 0 fully saturated rings. The molecule has 0 bridgehead atoms. The third-order valence-electron chi connectivity index (χ3n) is 2.67. The second-order valence-electron chi connectivity index (χ2n) is 4.19. The zero-order valence-electron chi connectivity index (χ0n) is 11.2. The zero-order valence-corrected chi connectivity index (χ0v) is 11.2. The van der Waals surface area contributed by atoms with E-state index in [-0.39, 0.29) is 12.5 Å². The summed E-state index contributed by atoms with van der Waals surface area (Å²) in [6.07, 6.45) is 1.98. The van der Waals surface area contributed by atoms with Crippen LogP contribution in [0, 0.1) is 0 Å². The monoisotopic (exact) mass is 251 g/mol. The Morgan fingerprint density at radius 3 is 2.89 bits per heavy atom. The van der Waals surface area contributed by atoms with Crippen molar-refractivity contribution >= 4 is 11.7 Å². The SMILES string of the molecule is CCCN(CC(=O)NC)c1ncccc1[C@H](C)O. The van der Waals surface area contributed by atoms with Gasteiger partial charge in [-0.1, -0.05) is 13.0 Å². The molecule has 1 aromatic rings. The fourth-order valence-electron chi connectivity index (χ4n) is 1.78. The molecule has 1 atom stereocenters. The van der Waals surface area contributed by atoms with E-state index < -0.39 is 6.10 Å². The summed E-state index contributed by atoms with van der Waals surface area (Å²) in [5.41, 5.74) is 0.745. The molecule has 0 saturated carbocycles. The molecule has 18 heavy (non-hydrogen) atoms. The Hall–Kier alpha value is -1.62. The number of aliphatic hydroxyl groups excluding tert-OH is 1. The summed E-state index contributed by atoms with van der Waals surface area (Å²) < 4.78 is 0. The van der Waals surface area contributed by atoms with Crippen LogP contribution in [0.3, 0.4) is 0 Å². The van der Waals surface area contributed by atoms with E-state index in [1.165, 1.54) is 0 Å². The molecule has 0 spiro atoms. The number of likely N-dealkylation sites (N-methyl/N-ethyl adjacent to an activating group) is 1. The first-order valence-electron chi connectivity index (χ1n) is 6.18. The third-order valence-corrected chi connectivity index (χ3v) is 2.67.